The van der Waals surface area contributed by atoms with E-state index >= 15 is 0 Å². The van der Waals surface area contributed by atoms with E-state index in [-0.39, 0.29) is 5.91 Å². The third-order valence-electron chi connectivity index (χ3n) is 4.27. The molecule has 0 spiro atoms. The van der Waals surface area contributed by atoms with Crippen molar-refractivity contribution in [1.82, 2.24) is 4.90 Å². The fourth-order valence-corrected chi connectivity index (χ4v) is 2.75. The molecule has 0 saturated heterocycles. The topological polar surface area (TPSA) is 33.5 Å². The van der Waals surface area contributed by atoms with Crippen LogP contribution in [0.25, 0.3) is 0 Å². The summed E-state index contributed by atoms with van der Waals surface area (Å²) < 4.78 is 5.45. The molecule has 3 aromatic rings. The summed E-state index contributed by atoms with van der Waals surface area (Å²) in [7, 11) is 0. The van der Waals surface area contributed by atoms with Crippen molar-refractivity contribution in [2.45, 2.75) is 26.9 Å². The molecule has 0 fully saturated rings. The zero-order valence-corrected chi connectivity index (χ0v) is 14.0. The van der Waals surface area contributed by atoms with E-state index in [4.69, 9.17) is 4.42 Å². The standard InChI is InChI=1S/C21H21NO2/c1-16-8-6-12-20(17(16)2)21(23)22(15-19-11-7-13-24-19)14-18-9-4-3-5-10-18/h3-13H,14-15H2,1-2H3. The number of furan rings is 1. The molecule has 0 bridgehead atoms. The molecule has 1 aromatic heterocycles. The van der Waals surface area contributed by atoms with Crippen molar-refractivity contribution in [2.24, 2.45) is 0 Å². The highest BCUT2D eigenvalue weighted by molar-refractivity contribution is 5.95. The normalized spacial score (nSPS) is 10.6. The summed E-state index contributed by atoms with van der Waals surface area (Å²) in [5, 5.41) is 0. The van der Waals surface area contributed by atoms with Gasteiger partial charge in [0.1, 0.15) is 5.76 Å². The summed E-state index contributed by atoms with van der Waals surface area (Å²) in [6.07, 6.45) is 1.64. The molecule has 0 aliphatic rings. The van der Waals surface area contributed by atoms with Crippen LogP contribution < -0.4 is 0 Å². The van der Waals surface area contributed by atoms with Crippen LogP contribution in [0.1, 0.15) is 32.8 Å². The molecule has 0 unspecified atom stereocenters. The van der Waals surface area contributed by atoms with Gasteiger partial charge in [-0.3, -0.25) is 4.79 Å². The zero-order chi connectivity index (χ0) is 16.9. The van der Waals surface area contributed by atoms with Gasteiger partial charge in [-0.25, -0.2) is 0 Å². The van der Waals surface area contributed by atoms with Gasteiger partial charge in [-0.2, -0.15) is 0 Å². The van der Waals surface area contributed by atoms with Gasteiger partial charge in [0.15, 0.2) is 0 Å². The van der Waals surface area contributed by atoms with Gasteiger partial charge < -0.3 is 9.32 Å². The van der Waals surface area contributed by atoms with Crippen LogP contribution in [0.5, 0.6) is 0 Å². The Kier molecular flexibility index (Phi) is 4.80. The lowest BCUT2D eigenvalue weighted by Gasteiger charge is -2.23. The molecular weight excluding hydrogens is 298 g/mol. The van der Waals surface area contributed by atoms with E-state index in [2.05, 4.69) is 0 Å². The molecular formula is C21H21NO2. The molecule has 122 valence electrons. The van der Waals surface area contributed by atoms with Crippen LogP contribution in [0.3, 0.4) is 0 Å². The first-order chi connectivity index (χ1) is 11.6. The maximum absolute atomic E-state index is 13.1. The minimum absolute atomic E-state index is 0.0245. The third-order valence-corrected chi connectivity index (χ3v) is 4.27. The predicted octanol–water partition coefficient (Wildman–Crippen LogP) is 4.74. The van der Waals surface area contributed by atoms with Crippen LogP contribution in [0.4, 0.5) is 0 Å². The quantitative estimate of drug-likeness (QED) is 0.680. The molecule has 3 rings (SSSR count). The van der Waals surface area contributed by atoms with Gasteiger partial charge in [0.2, 0.25) is 0 Å². The molecule has 3 heteroatoms. The number of benzene rings is 2. The monoisotopic (exact) mass is 319 g/mol. The van der Waals surface area contributed by atoms with Crippen LogP contribution in [-0.2, 0) is 13.1 Å². The first kappa shape index (κ1) is 16.1. The predicted molar refractivity (Wildman–Crippen MR) is 94.6 cm³/mol. The minimum Gasteiger partial charge on any atom is -0.467 e. The van der Waals surface area contributed by atoms with Crippen LogP contribution in [0.15, 0.2) is 71.3 Å². The molecule has 0 atom stereocenters. The van der Waals surface area contributed by atoms with E-state index in [1.165, 1.54) is 0 Å². The maximum atomic E-state index is 13.1. The van der Waals surface area contributed by atoms with Gasteiger partial charge >= 0.3 is 0 Å². The van der Waals surface area contributed by atoms with Crippen LogP contribution in [-0.4, -0.2) is 10.8 Å². The average Bonchev–Trinajstić information content (AvgIpc) is 3.10. The van der Waals surface area contributed by atoms with Gasteiger partial charge in [0.05, 0.1) is 12.8 Å². The van der Waals surface area contributed by atoms with E-state index in [0.717, 1.165) is 28.0 Å². The summed E-state index contributed by atoms with van der Waals surface area (Å²) in [4.78, 5) is 15.0. The lowest BCUT2D eigenvalue weighted by Crippen LogP contribution is -2.30. The number of aryl methyl sites for hydroxylation is 1. The lowest BCUT2D eigenvalue weighted by atomic mass is 10.0. The second-order valence-corrected chi connectivity index (χ2v) is 5.97. The molecule has 0 saturated carbocycles. The van der Waals surface area contributed by atoms with Crippen molar-refractivity contribution < 1.29 is 9.21 Å². The Labute approximate surface area is 142 Å². The maximum Gasteiger partial charge on any atom is 0.254 e. The fourth-order valence-electron chi connectivity index (χ4n) is 2.75. The van der Waals surface area contributed by atoms with E-state index < -0.39 is 0 Å². The van der Waals surface area contributed by atoms with Gasteiger partial charge in [-0.15, -0.1) is 0 Å². The number of carbonyl (C=O) groups excluding carboxylic acids is 1. The molecule has 0 aliphatic carbocycles. The summed E-state index contributed by atoms with van der Waals surface area (Å²) in [6.45, 7) is 5.03. The van der Waals surface area contributed by atoms with Crippen LogP contribution in [0.2, 0.25) is 0 Å². The third kappa shape index (κ3) is 3.57. The number of hydrogen-bond donors (Lipinski definition) is 0. The summed E-state index contributed by atoms with van der Waals surface area (Å²) in [5.41, 5.74) is 4.00. The number of carbonyl (C=O) groups is 1. The van der Waals surface area contributed by atoms with Crippen molar-refractivity contribution >= 4 is 5.91 Å². The largest absolute Gasteiger partial charge is 0.467 e. The first-order valence-electron chi connectivity index (χ1n) is 8.07. The molecule has 3 nitrogen and oxygen atoms in total. The van der Waals surface area contributed by atoms with Crippen LogP contribution in [0, 0.1) is 13.8 Å². The number of nitrogens with zero attached hydrogens (tertiary/aromatic N) is 1. The molecule has 0 aliphatic heterocycles. The second kappa shape index (κ2) is 7.18. The number of rotatable bonds is 5. The number of hydrogen-bond acceptors (Lipinski definition) is 2. The van der Waals surface area contributed by atoms with Crippen LogP contribution >= 0.6 is 0 Å². The summed E-state index contributed by atoms with van der Waals surface area (Å²) in [6, 6.07) is 19.6. The Hall–Kier alpha value is -2.81. The molecule has 1 heterocycles. The minimum atomic E-state index is 0.0245. The van der Waals surface area contributed by atoms with Crippen molar-refractivity contribution in [2.75, 3.05) is 0 Å². The van der Waals surface area contributed by atoms with E-state index in [1.807, 2.05) is 79.4 Å². The van der Waals surface area contributed by atoms with Crippen molar-refractivity contribution in [3.63, 3.8) is 0 Å². The molecule has 1 amide bonds. The Morgan fingerprint density at radius 1 is 0.917 bits per heavy atom. The lowest BCUT2D eigenvalue weighted by molar-refractivity contribution is 0.0717. The highest BCUT2D eigenvalue weighted by Gasteiger charge is 2.19. The fraction of sp³-hybridized carbons (Fsp3) is 0.190. The zero-order valence-electron chi connectivity index (χ0n) is 14.0. The van der Waals surface area contributed by atoms with Gasteiger partial charge in [0.25, 0.3) is 5.91 Å². The van der Waals surface area contributed by atoms with Gasteiger partial charge in [0, 0.05) is 12.1 Å². The first-order valence-corrected chi connectivity index (χ1v) is 8.07. The van der Waals surface area contributed by atoms with E-state index in [1.54, 1.807) is 6.26 Å². The highest BCUT2D eigenvalue weighted by atomic mass is 16.3. The Morgan fingerprint density at radius 2 is 1.71 bits per heavy atom. The smallest absolute Gasteiger partial charge is 0.254 e. The van der Waals surface area contributed by atoms with Crippen molar-refractivity contribution in [3.05, 3.63) is 94.9 Å². The van der Waals surface area contributed by atoms with Crippen molar-refractivity contribution in [1.29, 1.82) is 0 Å². The Morgan fingerprint density at radius 3 is 2.42 bits per heavy atom. The average molecular weight is 319 g/mol. The Balaban J connectivity index is 1.91. The Bertz CT molecular complexity index is 807. The molecule has 0 N–H and O–H groups in total. The highest BCUT2D eigenvalue weighted by Crippen LogP contribution is 2.19. The molecule has 2 aromatic carbocycles. The molecule has 0 radical (unpaired) electrons. The second-order valence-electron chi connectivity index (χ2n) is 5.97. The van der Waals surface area contributed by atoms with Crippen molar-refractivity contribution in [3.8, 4) is 0 Å². The summed E-state index contributed by atoms with van der Waals surface area (Å²) in [5.74, 6) is 0.807. The SMILES string of the molecule is Cc1cccc(C(=O)N(Cc2ccccc2)Cc2ccco2)c1C. The van der Waals surface area contributed by atoms with E-state index in [0.29, 0.717) is 13.1 Å². The van der Waals surface area contributed by atoms with Gasteiger partial charge in [-0.1, -0.05) is 42.5 Å². The van der Waals surface area contributed by atoms with Gasteiger partial charge in [-0.05, 0) is 48.7 Å². The summed E-state index contributed by atoms with van der Waals surface area (Å²) >= 11 is 0. The molecule has 24 heavy (non-hydrogen) atoms. The number of amides is 1. The van der Waals surface area contributed by atoms with E-state index in [9.17, 15) is 4.79 Å².